The van der Waals surface area contributed by atoms with Gasteiger partial charge in [-0.25, -0.2) is 22.6 Å². The van der Waals surface area contributed by atoms with Crippen LogP contribution in [0.15, 0.2) is 0 Å². The Morgan fingerprint density at radius 3 is 1.14 bits per heavy atom. The Morgan fingerprint density at radius 1 is 0.591 bits per heavy atom. The van der Waals surface area contributed by atoms with Gasteiger partial charge >= 0.3 is 50.2 Å². The summed E-state index contributed by atoms with van der Waals surface area (Å²) < 4.78 is 65.2. The van der Waals surface area contributed by atoms with Gasteiger partial charge in [0.1, 0.15) is 0 Å². The summed E-state index contributed by atoms with van der Waals surface area (Å²) in [7, 11) is -29.7. The van der Waals surface area contributed by atoms with Crippen LogP contribution < -0.4 is 23.8 Å². The summed E-state index contributed by atoms with van der Waals surface area (Å²) in [6, 6.07) is 0. The van der Waals surface area contributed by atoms with Gasteiger partial charge in [-0.1, -0.05) is 0 Å². The summed E-state index contributed by atoms with van der Waals surface area (Å²) in [6.45, 7) is 0. The molecule has 0 aromatic carbocycles. The van der Waals surface area contributed by atoms with Gasteiger partial charge in [0.15, 0.2) is 0 Å². The van der Waals surface area contributed by atoms with E-state index in [-0.39, 0.29) is 18.9 Å². The molecule has 0 aromatic rings. The fourth-order valence-electron chi connectivity index (χ4n) is 0.570. The summed E-state index contributed by atoms with van der Waals surface area (Å²) >= 11 is 0. The third-order valence-electron chi connectivity index (χ3n) is 0.829. The Hall–Kier alpha value is 1.31. The quantitative estimate of drug-likeness (QED) is 0.160. The average molecular weight is 424 g/mol. The summed E-state index contributed by atoms with van der Waals surface area (Å²) in [5.74, 6) is 0. The third-order valence-corrected chi connectivity index (χ3v) is 7.46. The predicted octanol–water partition coefficient (Wildman–Crippen LogP) is -4.09. The van der Waals surface area contributed by atoms with E-state index in [1.165, 1.54) is 0 Å². The molecule has 0 bridgehead atoms. The van der Waals surface area contributed by atoms with Gasteiger partial charge in [0.2, 0.25) is 0 Å². The maximum Gasteiger partial charge on any atom is 1.00 e. The number of hydrogen-bond acceptors (Lipinski definition) is 10. The molecule has 0 aromatic heterocycles. The Balaban J connectivity index is 0. The van der Waals surface area contributed by atoms with Crippen LogP contribution in [0.25, 0.3) is 0 Å². The van der Waals surface area contributed by atoms with E-state index in [0.29, 0.717) is 0 Å². The van der Waals surface area contributed by atoms with E-state index in [2.05, 4.69) is 17.2 Å². The van der Waals surface area contributed by atoms with Crippen LogP contribution in [0.5, 0.6) is 0 Å². The van der Waals surface area contributed by atoms with Crippen LogP contribution in [0.2, 0.25) is 0 Å². The second-order valence-corrected chi connectivity index (χ2v) is 10.0. The van der Waals surface area contributed by atoms with Crippen LogP contribution in [-0.4, -0.2) is 29.4 Å². The topological polar surface area (TPSA) is 267 Å². The van der Waals surface area contributed by atoms with Crippen molar-refractivity contribution in [2.45, 2.75) is 0 Å². The predicted molar refractivity (Wildman–Crippen MR) is 55.7 cm³/mol. The first kappa shape index (κ1) is 25.5. The molecule has 0 spiro atoms. The molecule has 0 amide bonds. The summed E-state index contributed by atoms with van der Waals surface area (Å²) in [5.41, 5.74) is 0. The molecule has 0 aliphatic heterocycles. The molecule has 128 valence electrons. The number of phosphoric acid groups is 5. The minimum Gasteiger partial charge on any atom is -0.756 e. The molecule has 0 fully saturated rings. The van der Waals surface area contributed by atoms with Crippen molar-refractivity contribution in [3.8, 4) is 0 Å². The normalized spacial score (nSPS) is 23.2. The zero-order valence-electron chi connectivity index (χ0n) is 10.0. The Labute approximate surface area is 132 Å². The standard InChI is InChI=1S/Li.H7O16P5/c;1-17(2,3)13-19(7,8)15-21(11,12)16-20(9,10)14-18(4,5)6/h;(H,7,8)(H,9,10)(H,11,12)(H2,1,2,3)(H2,4,5,6)/q+1;/p-1. The van der Waals surface area contributed by atoms with Gasteiger partial charge < -0.3 is 34.3 Å². The third kappa shape index (κ3) is 13.7. The first-order chi connectivity index (χ1) is 8.83. The Bertz CT molecular complexity index is 552. The van der Waals surface area contributed by atoms with Gasteiger partial charge in [0.05, 0.1) is 0 Å². The van der Waals surface area contributed by atoms with Gasteiger partial charge in [-0.2, -0.15) is 12.9 Å². The molecule has 0 heterocycles. The van der Waals surface area contributed by atoms with E-state index >= 15 is 0 Å². The number of rotatable bonds is 8. The van der Waals surface area contributed by atoms with Crippen molar-refractivity contribution in [3.63, 3.8) is 0 Å². The second-order valence-electron chi connectivity index (χ2n) is 2.69. The van der Waals surface area contributed by atoms with Crippen molar-refractivity contribution in [3.05, 3.63) is 0 Å². The van der Waals surface area contributed by atoms with E-state index in [0.717, 1.165) is 0 Å². The van der Waals surface area contributed by atoms with Crippen LogP contribution >= 0.6 is 39.1 Å². The Kier molecular flexibility index (Phi) is 9.43. The zero-order valence-corrected chi connectivity index (χ0v) is 14.5. The molecule has 0 rings (SSSR count). The second kappa shape index (κ2) is 8.12. The van der Waals surface area contributed by atoms with Crippen molar-refractivity contribution in [1.29, 1.82) is 0 Å². The Morgan fingerprint density at radius 2 is 0.864 bits per heavy atom. The van der Waals surface area contributed by atoms with E-state index in [9.17, 15) is 27.7 Å². The number of hydrogen-bond donors (Lipinski definition) is 6. The van der Waals surface area contributed by atoms with Crippen molar-refractivity contribution in [2.24, 2.45) is 0 Å². The van der Waals surface area contributed by atoms with Crippen LogP contribution in [0, 0.1) is 0 Å². The first-order valence-electron chi connectivity index (χ1n) is 3.76. The van der Waals surface area contributed by atoms with Gasteiger partial charge in [-0.15, -0.1) is 0 Å². The van der Waals surface area contributed by atoms with Crippen LogP contribution in [0.3, 0.4) is 0 Å². The van der Waals surface area contributed by atoms with Gasteiger partial charge in [-0.3, -0.25) is 4.57 Å². The zero-order chi connectivity index (χ0) is 17.3. The maximum absolute atomic E-state index is 11.0. The molecule has 4 unspecified atom stereocenters. The molecule has 0 saturated heterocycles. The van der Waals surface area contributed by atoms with Gasteiger partial charge in [0.25, 0.3) is 7.82 Å². The van der Waals surface area contributed by atoms with E-state index in [1.54, 1.807) is 0 Å². The first-order valence-corrected chi connectivity index (χ1v) is 11.3. The van der Waals surface area contributed by atoms with E-state index < -0.39 is 39.1 Å². The molecule has 6 N–H and O–H groups in total. The van der Waals surface area contributed by atoms with Crippen LogP contribution in [-0.2, 0) is 40.1 Å². The van der Waals surface area contributed by atoms with Gasteiger partial charge in [-0.05, 0) is 0 Å². The summed E-state index contributed by atoms with van der Waals surface area (Å²) in [5, 5.41) is 0. The molecule has 0 saturated carbocycles. The molecule has 22 heavy (non-hydrogen) atoms. The molecular formula is H6LiO16P5. The van der Waals surface area contributed by atoms with Crippen molar-refractivity contribution in [1.82, 2.24) is 0 Å². The largest absolute Gasteiger partial charge is 1.00 e. The van der Waals surface area contributed by atoms with Crippen LogP contribution in [0.1, 0.15) is 0 Å². The molecule has 0 aliphatic rings. The molecule has 22 heteroatoms. The van der Waals surface area contributed by atoms with Crippen molar-refractivity contribution >= 4 is 39.1 Å². The summed E-state index contributed by atoms with van der Waals surface area (Å²) in [6.07, 6.45) is 0. The minimum atomic E-state index is -6.10. The minimum absolute atomic E-state index is 0. The van der Waals surface area contributed by atoms with Crippen molar-refractivity contribution in [2.75, 3.05) is 0 Å². The van der Waals surface area contributed by atoms with E-state index in [4.69, 9.17) is 29.4 Å². The van der Waals surface area contributed by atoms with Crippen LogP contribution in [0.4, 0.5) is 0 Å². The fourth-order valence-corrected chi connectivity index (χ4v) is 5.94. The molecular weight excluding hydrogens is 418 g/mol. The fraction of sp³-hybridized carbons (Fsp3) is 0. The van der Waals surface area contributed by atoms with Crippen molar-refractivity contribution < 1.29 is 93.2 Å². The SMILES string of the molecule is O=P([O-])(O)OP(=O)(O)OP(=O)(O)OP(=O)(O)OP(=O)(O)O.[Li+]. The molecule has 0 aliphatic carbocycles. The molecule has 4 atom stereocenters. The smallest absolute Gasteiger partial charge is 0.756 e. The molecule has 0 radical (unpaired) electrons. The van der Waals surface area contributed by atoms with E-state index in [1.807, 2.05) is 0 Å². The molecule has 16 nitrogen and oxygen atoms in total. The average Bonchev–Trinajstić information content (AvgIpc) is 1.83. The monoisotopic (exact) mass is 424 g/mol. The summed E-state index contributed by atoms with van der Waals surface area (Å²) in [4.78, 5) is 60.5. The van der Waals surface area contributed by atoms with Gasteiger partial charge in [0, 0.05) is 0 Å². The maximum atomic E-state index is 11.0.